The largest absolute Gasteiger partial charge is 0.461 e. The second-order valence-corrected chi connectivity index (χ2v) is 10.9. The molecule has 0 atom stereocenters. The molecule has 8 nitrogen and oxygen atoms in total. The maximum absolute atomic E-state index is 12.9. The first-order chi connectivity index (χ1) is 14.7. The molecule has 2 aromatic rings. The molecule has 3 rings (SSSR count). The fraction of sp³-hybridized carbons (Fsp3) is 0.350. The first-order valence-corrected chi connectivity index (χ1v) is 12.6. The summed E-state index contributed by atoms with van der Waals surface area (Å²) in [5.74, 6) is -1.79. The van der Waals surface area contributed by atoms with Gasteiger partial charge in [-0.25, -0.2) is 21.2 Å². The van der Waals surface area contributed by atoms with E-state index in [4.69, 9.17) is 9.47 Å². The van der Waals surface area contributed by atoms with Gasteiger partial charge in [0.1, 0.15) is 12.4 Å². The van der Waals surface area contributed by atoms with Gasteiger partial charge in [-0.15, -0.1) is 0 Å². The van der Waals surface area contributed by atoms with Gasteiger partial charge in [0.25, 0.3) is 0 Å². The lowest BCUT2D eigenvalue weighted by atomic mass is 10.2. The summed E-state index contributed by atoms with van der Waals surface area (Å²) in [5.41, 5.74) is 0.462. The lowest BCUT2D eigenvalue weighted by Gasteiger charge is -2.26. The van der Waals surface area contributed by atoms with Crippen molar-refractivity contribution >= 4 is 25.8 Å². The second kappa shape index (κ2) is 9.86. The van der Waals surface area contributed by atoms with Crippen molar-refractivity contribution in [3.63, 3.8) is 0 Å². The molecular weight excluding hydrogens is 449 g/mol. The number of carbonyl (C=O) groups excluding carboxylic acids is 1. The zero-order valence-corrected chi connectivity index (χ0v) is 18.2. The van der Waals surface area contributed by atoms with E-state index in [0.29, 0.717) is 18.8 Å². The van der Waals surface area contributed by atoms with Gasteiger partial charge in [-0.2, -0.15) is 4.31 Å². The topological polar surface area (TPSA) is 107 Å². The lowest BCUT2D eigenvalue weighted by Crippen LogP contribution is -2.40. The van der Waals surface area contributed by atoms with E-state index < -0.39 is 37.4 Å². The van der Waals surface area contributed by atoms with Gasteiger partial charge in [0.15, 0.2) is 9.84 Å². The number of morpholine rings is 1. The van der Waals surface area contributed by atoms with Crippen molar-refractivity contribution in [2.24, 2.45) is 0 Å². The summed E-state index contributed by atoms with van der Waals surface area (Å²) in [6, 6.07) is 10.4. The van der Waals surface area contributed by atoms with Gasteiger partial charge >= 0.3 is 5.97 Å². The molecule has 2 aromatic carbocycles. The van der Waals surface area contributed by atoms with E-state index in [1.54, 1.807) is 12.1 Å². The Morgan fingerprint density at radius 2 is 1.68 bits per heavy atom. The molecule has 0 aliphatic carbocycles. The molecule has 0 aromatic heterocycles. The fourth-order valence-electron chi connectivity index (χ4n) is 2.95. The van der Waals surface area contributed by atoms with Gasteiger partial charge < -0.3 is 9.47 Å². The fourth-order valence-corrected chi connectivity index (χ4v) is 5.65. The van der Waals surface area contributed by atoms with Crippen molar-refractivity contribution in [2.45, 2.75) is 22.8 Å². The van der Waals surface area contributed by atoms with Crippen LogP contribution < -0.4 is 0 Å². The number of nitrogens with zero attached hydrogens (tertiary/aromatic N) is 1. The molecular formula is C20H22FNO7S2. The van der Waals surface area contributed by atoms with Crippen molar-refractivity contribution < 1.29 is 35.5 Å². The number of esters is 1. The molecule has 0 amide bonds. The smallest absolute Gasteiger partial charge is 0.307 e. The zero-order chi connectivity index (χ0) is 22.5. The molecule has 1 aliphatic heterocycles. The Labute approximate surface area is 180 Å². The summed E-state index contributed by atoms with van der Waals surface area (Å²) < 4.78 is 74.4. The summed E-state index contributed by atoms with van der Waals surface area (Å²) in [5, 5.41) is 0. The molecule has 0 radical (unpaired) electrons. The Hall–Kier alpha value is -2.34. The van der Waals surface area contributed by atoms with E-state index in [-0.39, 0.29) is 35.9 Å². The summed E-state index contributed by atoms with van der Waals surface area (Å²) in [7, 11) is -7.44. The molecule has 1 heterocycles. The third-order valence-electron chi connectivity index (χ3n) is 4.65. The van der Waals surface area contributed by atoms with Crippen molar-refractivity contribution in [3.05, 3.63) is 59.9 Å². The van der Waals surface area contributed by atoms with Gasteiger partial charge in [0.05, 0.1) is 35.2 Å². The summed E-state index contributed by atoms with van der Waals surface area (Å²) in [6.07, 6.45) is -0.383. The Morgan fingerprint density at radius 1 is 1.00 bits per heavy atom. The molecule has 0 bridgehead atoms. The van der Waals surface area contributed by atoms with Crippen LogP contribution in [0.2, 0.25) is 0 Å². The van der Waals surface area contributed by atoms with E-state index in [1.165, 1.54) is 16.4 Å². The summed E-state index contributed by atoms with van der Waals surface area (Å²) in [4.78, 5) is 12.0. The predicted octanol–water partition coefficient (Wildman–Crippen LogP) is 1.75. The highest BCUT2D eigenvalue weighted by molar-refractivity contribution is 7.91. The molecule has 11 heteroatoms. The van der Waals surface area contributed by atoms with Crippen LogP contribution in [0.15, 0.2) is 58.3 Å². The average Bonchev–Trinajstić information content (AvgIpc) is 2.77. The molecule has 0 unspecified atom stereocenters. The summed E-state index contributed by atoms with van der Waals surface area (Å²) >= 11 is 0. The maximum atomic E-state index is 12.9. The van der Waals surface area contributed by atoms with Crippen molar-refractivity contribution in [3.8, 4) is 0 Å². The third-order valence-corrected chi connectivity index (χ3v) is 8.28. The minimum Gasteiger partial charge on any atom is -0.461 e. The van der Waals surface area contributed by atoms with Crippen molar-refractivity contribution in [2.75, 3.05) is 32.1 Å². The molecule has 1 fully saturated rings. The van der Waals surface area contributed by atoms with Crippen LogP contribution in [0.1, 0.15) is 12.0 Å². The van der Waals surface area contributed by atoms with Crippen molar-refractivity contribution in [1.82, 2.24) is 4.31 Å². The number of halogens is 1. The molecule has 0 N–H and O–H groups in total. The van der Waals surface area contributed by atoms with Gasteiger partial charge in [0, 0.05) is 13.1 Å². The van der Waals surface area contributed by atoms with Gasteiger partial charge in [-0.1, -0.05) is 12.1 Å². The quantitative estimate of drug-likeness (QED) is 0.426. The number of rotatable bonds is 8. The van der Waals surface area contributed by atoms with Crippen LogP contribution in [0.5, 0.6) is 0 Å². The number of sulfone groups is 1. The van der Waals surface area contributed by atoms with Crippen LogP contribution in [0.25, 0.3) is 0 Å². The van der Waals surface area contributed by atoms with E-state index in [2.05, 4.69) is 0 Å². The normalized spacial score (nSPS) is 15.5. The van der Waals surface area contributed by atoms with E-state index in [9.17, 15) is 26.0 Å². The van der Waals surface area contributed by atoms with Crippen LogP contribution in [0.4, 0.5) is 4.39 Å². The first kappa shape index (κ1) is 23.3. The van der Waals surface area contributed by atoms with Gasteiger partial charge in [-0.3, -0.25) is 4.79 Å². The van der Waals surface area contributed by atoms with Crippen molar-refractivity contribution in [1.29, 1.82) is 0 Å². The summed E-state index contributed by atoms with van der Waals surface area (Å²) in [6.45, 7) is 1.00. The highest BCUT2D eigenvalue weighted by Gasteiger charge is 2.26. The highest BCUT2D eigenvalue weighted by atomic mass is 32.2. The molecule has 1 saturated heterocycles. The Bertz CT molecular complexity index is 1130. The molecule has 0 saturated carbocycles. The van der Waals surface area contributed by atoms with Gasteiger partial charge in [0.2, 0.25) is 10.0 Å². The zero-order valence-electron chi connectivity index (χ0n) is 16.6. The SMILES string of the molecule is O=C(CCS(=O)(=O)c1ccc(F)cc1)OCc1cccc(S(=O)(=O)N2CCOCC2)c1. The molecule has 1 aliphatic rings. The number of hydrogen-bond acceptors (Lipinski definition) is 7. The van der Waals surface area contributed by atoms with Crippen LogP contribution >= 0.6 is 0 Å². The van der Waals surface area contributed by atoms with Crippen LogP contribution in [0, 0.1) is 5.82 Å². The van der Waals surface area contributed by atoms with Gasteiger partial charge in [-0.05, 0) is 42.0 Å². The minimum absolute atomic E-state index is 0.0808. The van der Waals surface area contributed by atoms with Crippen LogP contribution in [0.3, 0.4) is 0 Å². The third kappa shape index (κ3) is 6.10. The van der Waals surface area contributed by atoms with Crippen LogP contribution in [-0.2, 0) is 40.7 Å². The number of benzene rings is 2. The van der Waals surface area contributed by atoms with E-state index in [1.807, 2.05) is 0 Å². The number of ether oxygens (including phenoxy) is 2. The Balaban J connectivity index is 1.57. The lowest BCUT2D eigenvalue weighted by molar-refractivity contribution is -0.144. The molecule has 31 heavy (non-hydrogen) atoms. The van der Waals surface area contributed by atoms with E-state index in [0.717, 1.165) is 24.3 Å². The first-order valence-electron chi connectivity index (χ1n) is 9.49. The number of carbonyl (C=O) groups is 1. The average molecular weight is 472 g/mol. The number of sulfonamides is 1. The monoisotopic (exact) mass is 471 g/mol. The van der Waals surface area contributed by atoms with E-state index >= 15 is 0 Å². The highest BCUT2D eigenvalue weighted by Crippen LogP contribution is 2.19. The minimum atomic E-state index is -3.76. The molecule has 0 spiro atoms. The predicted molar refractivity (Wildman–Crippen MR) is 109 cm³/mol. The number of hydrogen-bond donors (Lipinski definition) is 0. The standard InChI is InChI=1S/C20H22FNO7S2/c21-17-4-6-18(7-5-17)30(24,25)13-8-20(23)29-15-16-2-1-3-19(14-16)31(26,27)22-9-11-28-12-10-22/h1-7,14H,8-13,15H2. The Morgan fingerprint density at radius 3 is 2.35 bits per heavy atom. The molecule has 168 valence electrons. The Kier molecular flexibility index (Phi) is 7.42. The second-order valence-electron chi connectivity index (χ2n) is 6.85. The van der Waals surface area contributed by atoms with Crippen LogP contribution in [-0.4, -0.2) is 59.2 Å². The maximum Gasteiger partial charge on any atom is 0.307 e.